The maximum absolute atomic E-state index is 14.4. The zero-order valence-corrected chi connectivity index (χ0v) is 14.4. The highest BCUT2D eigenvalue weighted by atomic mass is 19.1. The van der Waals surface area contributed by atoms with Gasteiger partial charge in [-0.2, -0.15) is 0 Å². The van der Waals surface area contributed by atoms with Crippen molar-refractivity contribution >= 4 is 23.3 Å². The molecule has 1 aromatic rings. The van der Waals surface area contributed by atoms with Crippen LogP contribution < -0.4 is 9.80 Å². The van der Waals surface area contributed by atoms with Gasteiger partial charge in [-0.15, -0.1) is 0 Å². The lowest BCUT2D eigenvalue weighted by Crippen LogP contribution is -2.27. The first-order chi connectivity index (χ1) is 11.9. The second-order valence-corrected chi connectivity index (χ2v) is 5.35. The molecule has 6 nitrogen and oxygen atoms in total. The van der Waals surface area contributed by atoms with E-state index in [9.17, 15) is 14.0 Å². The molecule has 0 N–H and O–H groups in total. The van der Waals surface area contributed by atoms with Gasteiger partial charge >= 0.3 is 11.9 Å². The van der Waals surface area contributed by atoms with Crippen LogP contribution in [-0.4, -0.2) is 40.3 Å². The summed E-state index contributed by atoms with van der Waals surface area (Å²) in [5, 5.41) is 0. The standard InChI is InChI=1S/C18H19FN2O4/c1-20(2)15-9-8-12(11-14(15)19)21-10-6-5-7-13(17(22)24-3)16(21)18(23)25-4/h5-11H,1-4H3. The summed E-state index contributed by atoms with van der Waals surface area (Å²) >= 11 is 0. The zero-order chi connectivity index (χ0) is 18.6. The number of nitrogens with zero attached hydrogens (tertiary/aromatic N) is 2. The number of hydrogen-bond donors (Lipinski definition) is 0. The fraction of sp³-hybridized carbons (Fsp3) is 0.222. The molecule has 1 aliphatic rings. The first-order valence-electron chi connectivity index (χ1n) is 7.42. The van der Waals surface area contributed by atoms with Crippen molar-refractivity contribution in [3.05, 3.63) is 59.7 Å². The minimum atomic E-state index is -0.742. The molecule has 0 radical (unpaired) electrons. The molecule has 132 valence electrons. The summed E-state index contributed by atoms with van der Waals surface area (Å²) in [6.07, 6.45) is 6.19. The molecule has 1 heterocycles. The largest absolute Gasteiger partial charge is 0.465 e. The van der Waals surface area contributed by atoms with Crippen molar-refractivity contribution in [1.29, 1.82) is 0 Å². The highest BCUT2D eigenvalue weighted by Gasteiger charge is 2.27. The van der Waals surface area contributed by atoms with E-state index in [2.05, 4.69) is 0 Å². The van der Waals surface area contributed by atoms with Crippen LogP contribution in [0.1, 0.15) is 0 Å². The summed E-state index contributed by atoms with van der Waals surface area (Å²) in [4.78, 5) is 27.4. The van der Waals surface area contributed by atoms with Crippen molar-refractivity contribution in [3.63, 3.8) is 0 Å². The van der Waals surface area contributed by atoms with E-state index in [1.165, 1.54) is 31.3 Å². The van der Waals surface area contributed by atoms with Crippen LogP contribution in [0.2, 0.25) is 0 Å². The number of esters is 2. The molecule has 25 heavy (non-hydrogen) atoms. The van der Waals surface area contributed by atoms with E-state index in [1.54, 1.807) is 49.5 Å². The van der Waals surface area contributed by atoms with Crippen molar-refractivity contribution in [2.45, 2.75) is 0 Å². The van der Waals surface area contributed by atoms with E-state index in [0.29, 0.717) is 11.4 Å². The van der Waals surface area contributed by atoms with Crippen molar-refractivity contribution in [3.8, 4) is 0 Å². The van der Waals surface area contributed by atoms with Crippen LogP contribution >= 0.6 is 0 Å². The third-order valence-corrected chi connectivity index (χ3v) is 3.58. The van der Waals surface area contributed by atoms with Crippen LogP contribution in [0.3, 0.4) is 0 Å². The second kappa shape index (κ2) is 7.65. The number of carbonyl (C=O) groups is 2. The first-order valence-corrected chi connectivity index (χ1v) is 7.42. The number of anilines is 2. The van der Waals surface area contributed by atoms with Gasteiger partial charge in [0.05, 0.1) is 25.5 Å². The van der Waals surface area contributed by atoms with Gasteiger partial charge in [0, 0.05) is 32.0 Å². The number of halogens is 1. The minimum Gasteiger partial charge on any atom is -0.465 e. The Morgan fingerprint density at radius 1 is 1.08 bits per heavy atom. The van der Waals surface area contributed by atoms with Crippen molar-refractivity contribution < 1.29 is 23.5 Å². The van der Waals surface area contributed by atoms with E-state index in [-0.39, 0.29) is 11.3 Å². The number of carbonyl (C=O) groups excluding carboxylic acids is 2. The molecular formula is C18H19FN2O4. The van der Waals surface area contributed by atoms with E-state index in [0.717, 1.165) is 0 Å². The van der Waals surface area contributed by atoms with Crippen LogP contribution in [-0.2, 0) is 19.1 Å². The highest BCUT2D eigenvalue weighted by molar-refractivity contribution is 6.05. The van der Waals surface area contributed by atoms with E-state index >= 15 is 0 Å². The average Bonchev–Trinajstić information content (AvgIpc) is 2.82. The van der Waals surface area contributed by atoms with Gasteiger partial charge in [-0.25, -0.2) is 14.0 Å². The van der Waals surface area contributed by atoms with Crippen molar-refractivity contribution in [2.24, 2.45) is 0 Å². The quantitative estimate of drug-likeness (QED) is 0.780. The van der Waals surface area contributed by atoms with E-state index in [1.807, 2.05) is 0 Å². The normalized spacial score (nSPS) is 13.6. The summed E-state index contributed by atoms with van der Waals surface area (Å²) in [7, 11) is 5.87. The molecule has 0 aliphatic carbocycles. The molecule has 0 amide bonds. The van der Waals surface area contributed by atoms with Gasteiger partial charge in [0.1, 0.15) is 11.5 Å². The molecule has 0 saturated carbocycles. The highest BCUT2D eigenvalue weighted by Crippen LogP contribution is 2.29. The Morgan fingerprint density at radius 3 is 2.32 bits per heavy atom. The molecule has 0 bridgehead atoms. The number of benzene rings is 1. The van der Waals surface area contributed by atoms with Crippen molar-refractivity contribution in [1.82, 2.24) is 0 Å². The van der Waals surface area contributed by atoms with Crippen LogP contribution in [0.5, 0.6) is 0 Å². The number of hydrogen-bond acceptors (Lipinski definition) is 6. The predicted octanol–water partition coefficient (Wildman–Crippen LogP) is 2.38. The third kappa shape index (κ3) is 3.71. The molecule has 0 unspecified atom stereocenters. The van der Waals surface area contributed by atoms with Gasteiger partial charge in [0.25, 0.3) is 0 Å². The first kappa shape index (κ1) is 18.3. The van der Waals surface area contributed by atoms with Gasteiger partial charge in [0.15, 0.2) is 0 Å². The molecule has 0 fully saturated rings. The lowest BCUT2D eigenvalue weighted by Gasteiger charge is -2.24. The second-order valence-electron chi connectivity index (χ2n) is 5.35. The topological polar surface area (TPSA) is 59.1 Å². The van der Waals surface area contributed by atoms with Gasteiger partial charge < -0.3 is 19.3 Å². The molecule has 7 heteroatoms. The Morgan fingerprint density at radius 2 is 1.76 bits per heavy atom. The summed E-state index contributed by atoms with van der Waals surface area (Å²) in [6, 6.07) is 4.51. The van der Waals surface area contributed by atoms with Gasteiger partial charge in [-0.05, 0) is 24.3 Å². The molecule has 0 atom stereocenters. The van der Waals surface area contributed by atoms with Gasteiger partial charge in [0.2, 0.25) is 0 Å². The molecule has 0 aromatic heterocycles. The number of methoxy groups -OCH3 is 2. The Kier molecular flexibility index (Phi) is 5.59. The maximum atomic E-state index is 14.4. The Balaban J connectivity index is 2.62. The van der Waals surface area contributed by atoms with Crippen molar-refractivity contribution in [2.75, 3.05) is 38.1 Å². The monoisotopic (exact) mass is 346 g/mol. The molecular weight excluding hydrogens is 327 g/mol. The summed E-state index contributed by atoms with van der Waals surface area (Å²) in [5.74, 6) is -1.90. The zero-order valence-electron chi connectivity index (χ0n) is 14.4. The molecule has 1 aliphatic heterocycles. The SMILES string of the molecule is COC(=O)C1=C(C(=O)OC)N(c2ccc(N(C)C)c(F)c2)C=CC=C1. The van der Waals surface area contributed by atoms with Crippen LogP contribution in [0.4, 0.5) is 15.8 Å². The van der Waals surface area contributed by atoms with Crippen LogP contribution in [0.25, 0.3) is 0 Å². The van der Waals surface area contributed by atoms with E-state index < -0.39 is 17.8 Å². The smallest absolute Gasteiger partial charge is 0.355 e. The van der Waals surface area contributed by atoms with Gasteiger partial charge in [-0.1, -0.05) is 6.08 Å². The number of ether oxygens (including phenoxy) is 2. The van der Waals surface area contributed by atoms with E-state index in [4.69, 9.17) is 9.47 Å². The van der Waals surface area contributed by atoms with Crippen LogP contribution in [0.15, 0.2) is 53.9 Å². The molecule has 0 saturated heterocycles. The summed E-state index contributed by atoms with van der Waals surface area (Å²) in [6.45, 7) is 0. The minimum absolute atomic E-state index is 0.0106. The Hall–Kier alpha value is -3.09. The summed E-state index contributed by atoms with van der Waals surface area (Å²) in [5.41, 5.74) is 0.718. The molecule has 2 rings (SSSR count). The number of rotatable bonds is 4. The lowest BCUT2D eigenvalue weighted by atomic mass is 10.1. The lowest BCUT2D eigenvalue weighted by molar-refractivity contribution is -0.139. The summed E-state index contributed by atoms with van der Waals surface area (Å²) < 4.78 is 23.9. The fourth-order valence-corrected chi connectivity index (χ4v) is 2.37. The predicted molar refractivity (Wildman–Crippen MR) is 92.5 cm³/mol. The Bertz CT molecular complexity index is 781. The van der Waals surface area contributed by atoms with Crippen LogP contribution in [0, 0.1) is 5.82 Å². The number of allylic oxidation sites excluding steroid dienone is 2. The van der Waals surface area contributed by atoms with Gasteiger partial charge in [-0.3, -0.25) is 0 Å². The third-order valence-electron chi connectivity index (χ3n) is 3.58. The Labute approximate surface area is 145 Å². The maximum Gasteiger partial charge on any atom is 0.355 e. The average molecular weight is 346 g/mol. The molecule has 0 spiro atoms. The molecule has 1 aromatic carbocycles. The fourth-order valence-electron chi connectivity index (χ4n) is 2.37.